The molecule has 0 radical (unpaired) electrons. The Labute approximate surface area is 107 Å². The minimum Gasteiger partial charge on any atom is -0.481 e. The Kier molecular flexibility index (Phi) is 2.78. The highest BCUT2D eigenvalue weighted by Gasteiger charge is 2.18. The summed E-state index contributed by atoms with van der Waals surface area (Å²) >= 11 is 0. The summed E-state index contributed by atoms with van der Waals surface area (Å²) in [6.45, 7) is 2.14. The fourth-order valence-electron chi connectivity index (χ4n) is 2.61. The van der Waals surface area contributed by atoms with Crippen LogP contribution in [0.4, 0.5) is 0 Å². The van der Waals surface area contributed by atoms with Crippen molar-refractivity contribution in [2.45, 2.75) is 32.6 Å². The SMILES string of the molecule is COc1cc(-n2nc3c(c2C)CCCC3)ccn1. The van der Waals surface area contributed by atoms with E-state index >= 15 is 0 Å². The molecule has 0 aliphatic heterocycles. The van der Waals surface area contributed by atoms with Gasteiger partial charge in [0, 0.05) is 18.0 Å². The van der Waals surface area contributed by atoms with Gasteiger partial charge in [-0.2, -0.15) is 5.10 Å². The maximum atomic E-state index is 5.17. The fourth-order valence-corrected chi connectivity index (χ4v) is 2.61. The summed E-state index contributed by atoms with van der Waals surface area (Å²) in [5.41, 5.74) is 4.96. The van der Waals surface area contributed by atoms with E-state index in [4.69, 9.17) is 9.84 Å². The molecule has 0 bridgehead atoms. The first-order valence-corrected chi connectivity index (χ1v) is 6.37. The lowest BCUT2D eigenvalue weighted by atomic mass is 9.96. The third kappa shape index (κ3) is 1.78. The first-order valence-electron chi connectivity index (χ1n) is 6.37. The van der Waals surface area contributed by atoms with E-state index in [0.717, 1.165) is 18.5 Å². The molecule has 0 unspecified atom stereocenters. The Morgan fingerprint density at radius 3 is 2.89 bits per heavy atom. The van der Waals surface area contributed by atoms with Crippen molar-refractivity contribution in [3.05, 3.63) is 35.3 Å². The maximum Gasteiger partial charge on any atom is 0.215 e. The molecule has 0 amide bonds. The second-order valence-corrected chi connectivity index (χ2v) is 4.69. The van der Waals surface area contributed by atoms with Crippen molar-refractivity contribution in [1.29, 1.82) is 0 Å². The Balaban J connectivity index is 2.08. The molecule has 0 aromatic carbocycles. The van der Waals surface area contributed by atoms with E-state index in [1.54, 1.807) is 13.3 Å². The second kappa shape index (κ2) is 4.44. The van der Waals surface area contributed by atoms with Gasteiger partial charge in [-0.25, -0.2) is 9.67 Å². The van der Waals surface area contributed by atoms with Crippen LogP contribution >= 0.6 is 0 Å². The molecule has 18 heavy (non-hydrogen) atoms. The van der Waals surface area contributed by atoms with Crippen LogP contribution in [0.5, 0.6) is 5.88 Å². The Hall–Kier alpha value is -1.84. The van der Waals surface area contributed by atoms with Crippen LogP contribution < -0.4 is 4.74 Å². The number of hydrogen-bond acceptors (Lipinski definition) is 3. The number of fused-ring (bicyclic) bond motifs is 1. The van der Waals surface area contributed by atoms with Crippen molar-refractivity contribution < 1.29 is 4.74 Å². The van der Waals surface area contributed by atoms with E-state index in [1.807, 2.05) is 16.8 Å². The summed E-state index contributed by atoms with van der Waals surface area (Å²) in [6, 6.07) is 3.89. The van der Waals surface area contributed by atoms with E-state index in [1.165, 1.54) is 29.8 Å². The molecule has 0 saturated heterocycles. The molecule has 0 saturated carbocycles. The molecule has 4 heteroatoms. The predicted octanol–water partition coefficient (Wildman–Crippen LogP) is 2.46. The fraction of sp³-hybridized carbons (Fsp3) is 0.429. The molecule has 0 N–H and O–H groups in total. The molecule has 94 valence electrons. The molecule has 2 aromatic rings. The van der Waals surface area contributed by atoms with Crippen molar-refractivity contribution in [2.75, 3.05) is 7.11 Å². The molecular weight excluding hydrogens is 226 g/mol. The minimum absolute atomic E-state index is 0.625. The molecule has 0 atom stereocenters. The number of ether oxygens (including phenoxy) is 1. The van der Waals surface area contributed by atoms with Crippen molar-refractivity contribution >= 4 is 0 Å². The smallest absolute Gasteiger partial charge is 0.215 e. The lowest BCUT2D eigenvalue weighted by Crippen LogP contribution is -2.00. The van der Waals surface area contributed by atoms with Gasteiger partial charge in [0.2, 0.25) is 5.88 Å². The maximum absolute atomic E-state index is 5.17. The largest absolute Gasteiger partial charge is 0.481 e. The molecule has 0 fully saturated rings. The van der Waals surface area contributed by atoms with Gasteiger partial charge in [0.1, 0.15) is 0 Å². The predicted molar refractivity (Wildman–Crippen MR) is 69.3 cm³/mol. The van der Waals surface area contributed by atoms with Gasteiger partial charge in [0.05, 0.1) is 18.5 Å². The lowest BCUT2D eigenvalue weighted by Gasteiger charge is -2.09. The number of methoxy groups -OCH3 is 1. The molecule has 2 aromatic heterocycles. The summed E-state index contributed by atoms with van der Waals surface area (Å²) < 4.78 is 7.18. The number of hydrogen-bond donors (Lipinski definition) is 0. The van der Waals surface area contributed by atoms with Gasteiger partial charge in [-0.1, -0.05) is 0 Å². The first kappa shape index (κ1) is 11.3. The second-order valence-electron chi connectivity index (χ2n) is 4.69. The zero-order chi connectivity index (χ0) is 12.5. The molecule has 0 spiro atoms. The van der Waals surface area contributed by atoms with E-state index in [9.17, 15) is 0 Å². The van der Waals surface area contributed by atoms with Crippen LogP contribution in [-0.2, 0) is 12.8 Å². The van der Waals surface area contributed by atoms with Gasteiger partial charge >= 0.3 is 0 Å². The Morgan fingerprint density at radius 1 is 1.28 bits per heavy atom. The monoisotopic (exact) mass is 243 g/mol. The van der Waals surface area contributed by atoms with Crippen molar-refractivity contribution in [2.24, 2.45) is 0 Å². The summed E-state index contributed by atoms with van der Waals surface area (Å²) in [5, 5.41) is 4.73. The zero-order valence-electron chi connectivity index (χ0n) is 10.8. The van der Waals surface area contributed by atoms with Gasteiger partial charge in [0.15, 0.2) is 0 Å². The van der Waals surface area contributed by atoms with E-state index in [0.29, 0.717) is 5.88 Å². The van der Waals surface area contributed by atoms with Crippen LogP contribution in [0.1, 0.15) is 29.8 Å². The summed E-state index contributed by atoms with van der Waals surface area (Å²) in [6.07, 6.45) is 6.55. The number of rotatable bonds is 2. The molecular formula is C14H17N3O. The third-order valence-corrected chi connectivity index (χ3v) is 3.59. The van der Waals surface area contributed by atoms with Gasteiger partial charge in [-0.15, -0.1) is 0 Å². The molecule has 4 nitrogen and oxygen atoms in total. The average molecular weight is 243 g/mol. The quantitative estimate of drug-likeness (QED) is 0.813. The van der Waals surface area contributed by atoms with Crippen LogP contribution in [0, 0.1) is 6.92 Å². The van der Waals surface area contributed by atoms with E-state index < -0.39 is 0 Å². The normalized spacial score (nSPS) is 14.3. The number of aryl methyl sites for hydroxylation is 1. The molecule has 2 heterocycles. The van der Waals surface area contributed by atoms with Crippen LogP contribution in [0.3, 0.4) is 0 Å². The highest BCUT2D eigenvalue weighted by molar-refractivity contribution is 5.39. The molecule has 1 aliphatic rings. The lowest BCUT2D eigenvalue weighted by molar-refractivity contribution is 0.397. The highest BCUT2D eigenvalue weighted by Crippen LogP contribution is 2.26. The zero-order valence-corrected chi connectivity index (χ0v) is 10.8. The van der Waals surface area contributed by atoms with Gasteiger partial charge in [0.25, 0.3) is 0 Å². The van der Waals surface area contributed by atoms with E-state index in [2.05, 4.69) is 11.9 Å². The van der Waals surface area contributed by atoms with Crippen LogP contribution in [0.15, 0.2) is 18.3 Å². The van der Waals surface area contributed by atoms with Gasteiger partial charge in [-0.3, -0.25) is 0 Å². The topological polar surface area (TPSA) is 39.9 Å². The Bertz CT molecular complexity index is 574. The van der Waals surface area contributed by atoms with Gasteiger partial charge < -0.3 is 4.74 Å². The van der Waals surface area contributed by atoms with Crippen LogP contribution in [0.25, 0.3) is 5.69 Å². The first-order chi connectivity index (χ1) is 8.79. The highest BCUT2D eigenvalue weighted by atomic mass is 16.5. The number of pyridine rings is 1. The van der Waals surface area contributed by atoms with Crippen LogP contribution in [0.2, 0.25) is 0 Å². The van der Waals surface area contributed by atoms with Crippen molar-refractivity contribution in [3.8, 4) is 11.6 Å². The summed E-state index contributed by atoms with van der Waals surface area (Å²) in [4.78, 5) is 4.13. The minimum atomic E-state index is 0.625. The third-order valence-electron chi connectivity index (χ3n) is 3.59. The standard InChI is InChI=1S/C14H17N3O/c1-10-12-5-3-4-6-13(12)16-17(10)11-7-8-15-14(9-11)18-2/h7-9H,3-6H2,1-2H3. The summed E-state index contributed by atoms with van der Waals surface area (Å²) in [7, 11) is 1.63. The van der Waals surface area contributed by atoms with Crippen molar-refractivity contribution in [1.82, 2.24) is 14.8 Å². The summed E-state index contributed by atoms with van der Waals surface area (Å²) in [5.74, 6) is 0.625. The van der Waals surface area contributed by atoms with Crippen LogP contribution in [-0.4, -0.2) is 21.9 Å². The number of aromatic nitrogens is 3. The van der Waals surface area contributed by atoms with Gasteiger partial charge in [-0.05, 0) is 44.2 Å². The number of nitrogens with zero attached hydrogens (tertiary/aromatic N) is 3. The van der Waals surface area contributed by atoms with E-state index in [-0.39, 0.29) is 0 Å². The molecule has 3 rings (SSSR count). The molecule has 1 aliphatic carbocycles. The average Bonchev–Trinajstić information content (AvgIpc) is 2.77. The Morgan fingerprint density at radius 2 is 2.11 bits per heavy atom. The van der Waals surface area contributed by atoms with Crippen molar-refractivity contribution in [3.63, 3.8) is 0 Å².